The molecule has 0 radical (unpaired) electrons. The van der Waals surface area contributed by atoms with Crippen LogP contribution >= 0.6 is 0 Å². The molecular weight excluding hydrogens is 232 g/mol. The van der Waals surface area contributed by atoms with E-state index in [1.807, 2.05) is 6.92 Å². The molecule has 4 nitrogen and oxygen atoms in total. The summed E-state index contributed by atoms with van der Waals surface area (Å²) in [6, 6.07) is 7.03. The van der Waals surface area contributed by atoms with E-state index in [4.69, 9.17) is 9.47 Å². The number of rotatable bonds is 6. The van der Waals surface area contributed by atoms with E-state index in [1.54, 1.807) is 38.1 Å². The van der Waals surface area contributed by atoms with Crippen LogP contribution in [0.1, 0.15) is 38.9 Å². The fourth-order valence-electron chi connectivity index (χ4n) is 1.52. The summed E-state index contributed by atoms with van der Waals surface area (Å²) in [5.41, 5.74) is 0.812. The molecule has 0 spiro atoms. The van der Waals surface area contributed by atoms with Gasteiger partial charge in [0.15, 0.2) is 6.10 Å². The number of aliphatic hydroxyl groups excluding tert-OH is 1. The summed E-state index contributed by atoms with van der Waals surface area (Å²) >= 11 is 0. The Bertz CT molecular complexity index is 370. The number of benzene rings is 1. The molecule has 1 aromatic rings. The highest BCUT2D eigenvalue weighted by Gasteiger charge is 2.19. The minimum absolute atomic E-state index is 0.347. The van der Waals surface area contributed by atoms with Crippen molar-refractivity contribution in [3.63, 3.8) is 0 Å². The van der Waals surface area contributed by atoms with E-state index in [0.29, 0.717) is 18.8 Å². The quantitative estimate of drug-likeness (QED) is 0.790. The minimum Gasteiger partial charge on any atom is -0.479 e. The van der Waals surface area contributed by atoms with Gasteiger partial charge in [-0.05, 0) is 38.0 Å². The molecule has 0 heterocycles. The standard InChI is InChI=1S/C14H20O4/c1-4-13(14(16)17-5-2)18-12-8-6-11(7-9-12)10(3)15/h6-10,13,15H,4-5H2,1-3H3. The molecule has 1 N–H and O–H groups in total. The van der Waals surface area contributed by atoms with Crippen LogP contribution in [0.4, 0.5) is 0 Å². The smallest absolute Gasteiger partial charge is 0.347 e. The highest BCUT2D eigenvalue weighted by Crippen LogP contribution is 2.19. The third-order valence-electron chi connectivity index (χ3n) is 2.56. The maximum absolute atomic E-state index is 11.6. The summed E-state index contributed by atoms with van der Waals surface area (Å²) in [6.07, 6.45) is -0.537. The van der Waals surface area contributed by atoms with E-state index in [1.165, 1.54) is 0 Å². The lowest BCUT2D eigenvalue weighted by molar-refractivity contribution is -0.151. The lowest BCUT2D eigenvalue weighted by Crippen LogP contribution is -2.28. The second-order valence-electron chi connectivity index (χ2n) is 4.01. The first-order valence-corrected chi connectivity index (χ1v) is 6.19. The van der Waals surface area contributed by atoms with Crippen molar-refractivity contribution in [1.82, 2.24) is 0 Å². The molecule has 1 aromatic carbocycles. The molecular formula is C14H20O4. The van der Waals surface area contributed by atoms with Crippen LogP contribution in [0, 0.1) is 0 Å². The monoisotopic (exact) mass is 252 g/mol. The van der Waals surface area contributed by atoms with Gasteiger partial charge in [0.2, 0.25) is 0 Å². The second-order valence-corrected chi connectivity index (χ2v) is 4.01. The maximum Gasteiger partial charge on any atom is 0.347 e. The molecule has 2 atom stereocenters. The summed E-state index contributed by atoms with van der Waals surface area (Å²) in [4.78, 5) is 11.6. The lowest BCUT2D eigenvalue weighted by atomic mass is 10.1. The average Bonchev–Trinajstić information content (AvgIpc) is 2.36. The Labute approximate surface area is 108 Å². The number of hydrogen-bond acceptors (Lipinski definition) is 4. The number of esters is 1. The molecule has 2 unspecified atom stereocenters. The van der Waals surface area contributed by atoms with E-state index in [2.05, 4.69) is 0 Å². The van der Waals surface area contributed by atoms with Gasteiger partial charge in [-0.25, -0.2) is 4.79 Å². The van der Waals surface area contributed by atoms with Gasteiger partial charge in [0.25, 0.3) is 0 Å². The van der Waals surface area contributed by atoms with Crippen molar-refractivity contribution in [2.45, 2.75) is 39.4 Å². The predicted octanol–water partition coefficient (Wildman–Crippen LogP) is 2.46. The molecule has 0 aliphatic heterocycles. The first kappa shape index (κ1) is 14.5. The highest BCUT2D eigenvalue weighted by atomic mass is 16.6. The molecule has 0 aliphatic carbocycles. The lowest BCUT2D eigenvalue weighted by Gasteiger charge is -2.16. The zero-order valence-corrected chi connectivity index (χ0v) is 11.1. The van der Waals surface area contributed by atoms with Crippen LogP contribution in [0.2, 0.25) is 0 Å². The molecule has 18 heavy (non-hydrogen) atoms. The van der Waals surface area contributed by atoms with Crippen molar-refractivity contribution in [3.05, 3.63) is 29.8 Å². The van der Waals surface area contributed by atoms with Gasteiger partial charge in [0.1, 0.15) is 5.75 Å². The van der Waals surface area contributed by atoms with Crippen LogP contribution < -0.4 is 4.74 Å². The van der Waals surface area contributed by atoms with Gasteiger partial charge in [-0.3, -0.25) is 0 Å². The first-order chi connectivity index (χ1) is 8.58. The average molecular weight is 252 g/mol. The van der Waals surface area contributed by atoms with Crippen molar-refractivity contribution in [2.24, 2.45) is 0 Å². The van der Waals surface area contributed by atoms with Gasteiger partial charge in [-0.1, -0.05) is 19.1 Å². The molecule has 0 aliphatic rings. The molecule has 0 saturated carbocycles. The maximum atomic E-state index is 11.6. The van der Waals surface area contributed by atoms with E-state index >= 15 is 0 Å². The van der Waals surface area contributed by atoms with Crippen LogP contribution in [0.25, 0.3) is 0 Å². The van der Waals surface area contributed by atoms with E-state index < -0.39 is 12.2 Å². The summed E-state index contributed by atoms with van der Waals surface area (Å²) in [5.74, 6) is 0.249. The Morgan fingerprint density at radius 3 is 2.33 bits per heavy atom. The summed E-state index contributed by atoms with van der Waals surface area (Å²) in [6.45, 7) is 5.68. The molecule has 100 valence electrons. The van der Waals surface area contributed by atoms with Crippen molar-refractivity contribution in [2.75, 3.05) is 6.61 Å². The van der Waals surface area contributed by atoms with Crippen molar-refractivity contribution >= 4 is 5.97 Å². The SMILES string of the molecule is CCOC(=O)C(CC)Oc1ccc(C(C)O)cc1. The number of carbonyl (C=O) groups is 1. The van der Waals surface area contributed by atoms with Crippen LogP contribution in [-0.2, 0) is 9.53 Å². The molecule has 0 amide bonds. The summed E-state index contributed by atoms with van der Waals surface area (Å²) < 4.78 is 10.5. The number of ether oxygens (including phenoxy) is 2. The third-order valence-corrected chi connectivity index (χ3v) is 2.56. The van der Waals surface area contributed by atoms with Gasteiger partial charge in [0, 0.05) is 0 Å². The molecule has 4 heteroatoms. The van der Waals surface area contributed by atoms with E-state index in [0.717, 1.165) is 5.56 Å². The Kier molecular flexibility index (Phi) is 5.65. The highest BCUT2D eigenvalue weighted by molar-refractivity contribution is 5.75. The van der Waals surface area contributed by atoms with Crippen LogP contribution in [-0.4, -0.2) is 23.8 Å². The van der Waals surface area contributed by atoms with Crippen molar-refractivity contribution in [3.8, 4) is 5.75 Å². The van der Waals surface area contributed by atoms with Gasteiger partial charge in [0.05, 0.1) is 12.7 Å². The molecule has 0 fully saturated rings. The molecule has 0 bridgehead atoms. The van der Waals surface area contributed by atoms with Crippen LogP contribution in [0.15, 0.2) is 24.3 Å². The Balaban J connectivity index is 2.67. The first-order valence-electron chi connectivity index (χ1n) is 6.19. The summed E-state index contributed by atoms with van der Waals surface area (Å²) in [5, 5.41) is 9.39. The largest absolute Gasteiger partial charge is 0.479 e. The fraction of sp³-hybridized carbons (Fsp3) is 0.500. The normalized spacial score (nSPS) is 13.8. The summed E-state index contributed by atoms with van der Waals surface area (Å²) in [7, 11) is 0. The van der Waals surface area contributed by atoms with Gasteiger partial charge in [-0.15, -0.1) is 0 Å². The number of aliphatic hydroxyl groups is 1. The Hall–Kier alpha value is -1.55. The minimum atomic E-state index is -0.581. The molecule has 0 saturated heterocycles. The van der Waals surface area contributed by atoms with Gasteiger partial charge < -0.3 is 14.6 Å². The van der Waals surface area contributed by atoms with Crippen molar-refractivity contribution < 1.29 is 19.4 Å². The zero-order valence-electron chi connectivity index (χ0n) is 11.1. The predicted molar refractivity (Wildman–Crippen MR) is 68.4 cm³/mol. The van der Waals surface area contributed by atoms with E-state index in [9.17, 15) is 9.90 Å². The van der Waals surface area contributed by atoms with Gasteiger partial charge >= 0.3 is 5.97 Å². The third kappa shape index (κ3) is 4.04. The molecule has 1 rings (SSSR count). The Morgan fingerprint density at radius 1 is 1.28 bits per heavy atom. The second kappa shape index (κ2) is 7.01. The molecule has 0 aromatic heterocycles. The van der Waals surface area contributed by atoms with Gasteiger partial charge in [-0.2, -0.15) is 0 Å². The van der Waals surface area contributed by atoms with Crippen LogP contribution in [0.5, 0.6) is 5.75 Å². The number of carbonyl (C=O) groups excluding carboxylic acids is 1. The fourth-order valence-corrected chi connectivity index (χ4v) is 1.52. The topological polar surface area (TPSA) is 55.8 Å². The van der Waals surface area contributed by atoms with Crippen LogP contribution in [0.3, 0.4) is 0 Å². The Morgan fingerprint density at radius 2 is 1.89 bits per heavy atom. The number of hydrogen-bond donors (Lipinski definition) is 1. The van der Waals surface area contributed by atoms with E-state index in [-0.39, 0.29) is 5.97 Å². The zero-order chi connectivity index (χ0) is 13.5. The van der Waals surface area contributed by atoms with Crippen molar-refractivity contribution in [1.29, 1.82) is 0 Å².